The van der Waals surface area contributed by atoms with Gasteiger partial charge in [-0.3, -0.25) is 0 Å². The fraction of sp³-hybridized carbons (Fsp3) is 1.00. The number of hydrogen-bond acceptors (Lipinski definition) is 4. The molecule has 0 bridgehead atoms. The van der Waals surface area contributed by atoms with Crippen LogP contribution in [0.2, 0.25) is 0 Å². The molecule has 0 spiro atoms. The van der Waals surface area contributed by atoms with Crippen LogP contribution < -0.4 is 29.6 Å². The first kappa shape index (κ1) is 30.1. The summed E-state index contributed by atoms with van der Waals surface area (Å²) in [5.41, 5.74) is 0. The van der Waals surface area contributed by atoms with Crippen molar-refractivity contribution in [3.63, 3.8) is 0 Å². The summed E-state index contributed by atoms with van der Waals surface area (Å²) in [7, 11) is -4.14. The Morgan fingerprint density at radius 3 is 1.48 bits per heavy atom. The molecule has 2 unspecified atom stereocenters. The average molecular weight is 415 g/mol. The Morgan fingerprint density at radius 2 is 1.04 bits per heavy atom. The van der Waals surface area contributed by atoms with E-state index in [0.717, 1.165) is 70.6 Å². The molecule has 0 heterocycles. The Labute approximate surface area is 191 Å². The second-order valence-electron chi connectivity index (χ2n) is 7.81. The van der Waals surface area contributed by atoms with Gasteiger partial charge in [0.25, 0.3) is 0 Å². The fourth-order valence-corrected chi connectivity index (χ4v) is 4.36. The van der Waals surface area contributed by atoms with E-state index >= 15 is 0 Å². The van der Waals surface area contributed by atoms with E-state index in [1.807, 2.05) is 0 Å². The summed E-state index contributed by atoms with van der Waals surface area (Å²) in [6.07, 6.45) is 16.9. The van der Waals surface area contributed by atoms with Gasteiger partial charge in [-0.15, -0.1) is 0 Å². The van der Waals surface area contributed by atoms with Crippen LogP contribution in [0.3, 0.4) is 0 Å². The van der Waals surface area contributed by atoms with Crippen molar-refractivity contribution in [3.05, 3.63) is 0 Å². The molecule has 158 valence electrons. The molecule has 0 fully saturated rings. The molecule has 6 heteroatoms. The Kier molecular flexibility index (Phi) is 22.4. The number of aliphatic hydroxyl groups is 1. The van der Waals surface area contributed by atoms with Crippen LogP contribution in [0.1, 0.15) is 123 Å². The molecule has 0 radical (unpaired) electrons. The van der Waals surface area contributed by atoms with E-state index in [1.54, 1.807) is 0 Å². The van der Waals surface area contributed by atoms with Gasteiger partial charge in [-0.1, -0.05) is 97.3 Å². The molecule has 0 aliphatic rings. The van der Waals surface area contributed by atoms with E-state index < -0.39 is 15.4 Å². The van der Waals surface area contributed by atoms with Gasteiger partial charge in [-0.2, -0.15) is 0 Å². The maximum absolute atomic E-state index is 11.3. The minimum Gasteiger partial charge on any atom is -0.748 e. The first-order valence-corrected chi connectivity index (χ1v) is 12.5. The minimum absolute atomic E-state index is 0. The summed E-state index contributed by atoms with van der Waals surface area (Å²) in [5, 5.41) is 9.11. The molecular weight excluding hydrogens is 371 g/mol. The quantitative estimate of drug-likeness (QED) is 0.200. The smallest absolute Gasteiger partial charge is 0.748 e. The molecule has 4 nitrogen and oxygen atoms in total. The van der Waals surface area contributed by atoms with Gasteiger partial charge in [0.2, 0.25) is 0 Å². The molecule has 0 aromatic rings. The third-order valence-electron chi connectivity index (χ3n) is 5.24. The Hall–Kier alpha value is 0.870. The van der Waals surface area contributed by atoms with E-state index in [2.05, 4.69) is 13.8 Å². The maximum atomic E-state index is 11.3. The van der Waals surface area contributed by atoms with E-state index in [1.165, 1.54) is 25.7 Å². The standard InChI is InChI=1S/C21H44O4S.Na/c1-3-5-13-18-21(26(23,24)25)19-15-12-10-8-7-9-11-14-17-20(22)16-6-4-2;/h20-22H,3-19H2,1-2H3,(H,23,24,25);/q;+1/p-1. The summed E-state index contributed by atoms with van der Waals surface area (Å²) in [5.74, 6) is 0. The van der Waals surface area contributed by atoms with Crippen LogP contribution in [0.15, 0.2) is 0 Å². The minimum atomic E-state index is -4.14. The van der Waals surface area contributed by atoms with Crippen LogP contribution in [0.5, 0.6) is 0 Å². The molecule has 0 aliphatic heterocycles. The zero-order valence-corrected chi connectivity index (χ0v) is 21.1. The summed E-state index contributed by atoms with van der Waals surface area (Å²) >= 11 is 0. The van der Waals surface area contributed by atoms with Gasteiger partial charge in [0.05, 0.1) is 16.2 Å². The van der Waals surface area contributed by atoms with Crippen LogP contribution >= 0.6 is 0 Å². The molecular formula is C21H43NaO4S. The molecule has 0 saturated heterocycles. The van der Waals surface area contributed by atoms with Crippen molar-refractivity contribution in [1.29, 1.82) is 0 Å². The third-order valence-corrected chi connectivity index (χ3v) is 6.53. The summed E-state index contributed by atoms with van der Waals surface area (Å²) in [6, 6.07) is 0. The predicted octanol–water partition coefficient (Wildman–Crippen LogP) is 2.94. The van der Waals surface area contributed by atoms with E-state index in [-0.39, 0.29) is 35.7 Å². The van der Waals surface area contributed by atoms with E-state index in [9.17, 15) is 18.1 Å². The van der Waals surface area contributed by atoms with Gasteiger partial charge in [-0.05, 0) is 25.7 Å². The van der Waals surface area contributed by atoms with Crippen molar-refractivity contribution in [2.75, 3.05) is 0 Å². The van der Waals surface area contributed by atoms with Crippen molar-refractivity contribution in [2.45, 2.75) is 134 Å². The van der Waals surface area contributed by atoms with Crippen molar-refractivity contribution >= 4 is 10.1 Å². The molecule has 0 aromatic carbocycles. The van der Waals surface area contributed by atoms with E-state index in [4.69, 9.17) is 0 Å². The SMILES string of the molecule is CCCCCC(CCCCCCCCCCC(O)CCCC)S(=O)(=O)[O-].[Na+]. The van der Waals surface area contributed by atoms with Gasteiger partial charge < -0.3 is 9.66 Å². The first-order valence-electron chi connectivity index (χ1n) is 11.0. The third kappa shape index (κ3) is 19.9. The second kappa shape index (κ2) is 20.2. The largest absolute Gasteiger partial charge is 1.00 e. The molecule has 0 rings (SSSR count). The summed E-state index contributed by atoms with van der Waals surface area (Å²) < 4.78 is 34.0. The zero-order chi connectivity index (χ0) is 19.7. The first-order chi connectivity index (χ1) is 12.4. The van der Waals surface area contributed by atoms with Crippen LogP contribution in [-0.2, 0) is 10.1 Å². The molecule has 27 heavy (non-hydrogen) atoms. The van der Waals surface area contributed by atoms with Gasteiger partial charge in [-0.25, -0.2) is 8.42 Å². The van der Waals surface area contributed by atoms with Gasteiger partial charge in [0.1, 0.15) is 0 Å². The van der Waals surface area contributed by atoms with Gasteiger partial charge in [0, 0.05) is 5.25 Å². The van der Waals surface area contributed by atoms with Gasteiger partial charge >= 0.3 is 29.6 Å². The monoisotopic (exact) mass is 414 g/mol. The van der Waals surface area contributed by atoms with Crippen molar-refractivity contribution < 1.29 is 47.6 Å². The molecule has 0 aromatic heterocycles. The predicted molar refractivity (Wildman–Crippen MR) is 109 cm³/mol. The topological polar surface area (TPSA) is 77.4 Å². The summed E-state index contributed by atoms with van der Waals surface area (Å²) in [4.78, 5) is 0. The van der Waals surface area contributed by atoms with Crippen molar-refractivity contribution in [1.82, 2.24) is 0 Å². The van der Waals surface area contributed by atoms with Crippen molar-refractivity contribution in [3.8, 4) is 0 Å². The molecule has 0 saturated carbocycles. The van der Waals surface area contributed by atoms with Crippen LogP contribution in [0.25, 0.3) is 0 Å². The number of aliphatic hydroxyl groups excluding tert-OH is 1. The Bertz CT molecular complexity index is 401. The van der Waals surface area contributed by atoms with Gasteiger partial charge in [0.15, 0.2) is 0 Å². The second-order valence-corrected chi connectivity index (χ2v) is 9.46. The average Bonchev–Trinajstić information content (AvgIpc) is 2.59. The van der Waals surface area contributed by atoms with Crippen molar-refractivity contribution in [2.24, 2.45) is 0 Å². The fourth-order valence-electron chi connectivity index (χ4n) is 3.45. The Morgan fingerprint density at radius 1 is 0.667 bits per heavy atom. The molecule has 0 amide bonds. The molecule has 1 N–H and O–H groups in total. The molecule has 0 aliphatic carbocycles. The van der Waals surface area contributed by atoms with E-state index in [0.29, 0.717) is 12.8 Å². The van der Waals surface area contributed by atoms with Crippen LogP contribution in [0, 0.1) is 0 Å². The maximum Gasteiger partial charge on any atom is 1.00 e. The normalized spacial score (nSPS) is 13.9. The molecule has 2 atom stereocenters. The number of rotatable bonds is 19. The number of unbranched alkanes of at least 4 members (excludes halogenated alkanes) is 10. The zero-order valence-electron chi connectivity index (χ0n) is 18.3. The summed E-state index contributed by atoms with van der Waals surface area (Å²) in [6.45, 7) is 4.23. The number of hydrogen-bond donors (Lipinski definition) is 1. The van der Waals surface area contributed by atoms with Crippen LogP contribution in [-0.4, -0.2) is 29.4 Å². The Balaban J connectivity index is 0. The van der Waals surface area contributed by atoms with Crippen LogP contribution in [0.4, 0.5) is 0 Å².